The van der Waals surface area contributed by atoms with Crippen molar-refractivity contribution in [2.75, 3.05) is 0 Å². The predicted octanol–water partition coefficient (Wildman–Crippen LogP) is 6.64. The molecule has 5 aromatic rings. The molecule has 0 spiro atoms. The van der Waals surface area contributed by atoms with Gasteiger partial charge in [0.15, 0.2) is 25.0 Å². The Morgan fingerprint density at radius 1 is 0.714 bits per heavy atom. The van der Waals surface area contributed by atoms with E-state index < -0.39 is 0 Å². The van der Waals surface area contributed by atoms with Gasteiger partial charge in [0, 0.05) is 29.1 Å². The average Bonchev–Trinajstić information content (AvgIpc) is 2.86. The first-order chi connectivity index (χ1) is 17.2. The van der Waals surface area contributed by atoms with Crippen molar-refractivity contribution >= 4 is 10.8 Å². The largest absolute Gasteiger partial charge is 0.213 e. The topological polar surface area (TPSA) is 7.76 Å². The molecule has 0 bridgehead atoms. The van der Waals surface area contributed by atoms with E-state index >= 15 is 0 Å². The summed E-state index contributed by atoms with van der Waals surface area (Å²) >= 11 is 0. The Labute approximate surface area is 206 Å². The first-order valence-electron chi connectivity index (χ1n) is 12.5. The predicted molar refractivity (Wildman–Crippen MR) is 141 cm³/mol. The van der Waals surface area contributed by atoms with E-state index in [0.717, 1.165) is 6.54 Å². The molecular weight excluding hydrogens is 424 g/mol. The minimum Gasteiger partial charge on any atom is -0.194 e. The van der Waals surface area contributed by atoms with Gasteiger partial charge in [-0.05, 0) is 54.6 Å². The van der Waals surface area contributed by atoms with Crippen molar-refractivity contribution in [3.63, 3.8) is 0 Å². The molecule has 2 aliphatic rings. The number of rotatable bonds is 3. The van der Waals surface area contributed by atoms with Crippen LogP contribution in [-0.2, 0) is 6.54 Å². The monoisotopic (exact) mass is 452 g/mol. The molecule has 3 heterocycles. The lowest BCUT2D eigenvalue weighted by atomic mass is 9.71. The van der Waals surface area contributed by atoms with Crippen LogP contribution in [0.15, 0.2) is 115 Å². The third-order valence-corrected chi connectivity index (χ3v) is 7.81. The van der Waals surface area contributed by atoms with Crippen LogP contribution in [0.5, 0.6) is 0 Å². The third kappa shape index (κ3) is 3.17. The molecule has 7 rings (SSSR count). The summed E-state index contributed by atoms with van der Waals surface area (Å²) in [6.45, 7) is 5.26. The number of aromatic nitrogens is 2. The summed E-state index contributed by atoms with van der Waals surface area (Å²) in [6, 6.07) is 33.7. The van der Waals surface area contributed by atoms with Crippen LogP contribution >= 0.6 is 0 Å². The van der Waals surface area contributed by atoms with E-state index in [1.807, 2.05) is 0 Å². The highest BCUT2D eigenvalue weighted by Crippen LogP contribution is 2.49. The molecule has 1 aliphatic carbocycles. The molecule has 0 fully saturated rings. The number of pyridine rings is 2. The van der Waals surface area contributed by atoms with Crippen molar-refractivity contribution in [3.05, 3.63) is 132 Å². The van der Waals surface area contributed by atoms with Crippen molar-refractivity contribution < 1.29 is 9.13 Å². The Balaban J connectivity index is 1.36. The van der Waals surface area contributed by atoms with Crippen LogP contribution < -0.4 is 9.13 Å². The van der Waals surface area contributed by atoms with Gasteiger partial charge in [0.1, 0.15) is 0 Å². The molecule has 2 unspecified atom stereocenters. The molecule has 2 aromatic heterocycles. The van der Waals surface area contributed by atoms with Gasteiger partial charge in [-0.2, -0.15) is 9.13 Å². The number of benzene rings is 3. The lowest BCUT2D eigenvalue weighted by Crippen LogP contribution is -2.54. The maximum atomic E-state index is 2.54. The average molecular weight is 453 g/mol. The highest BCUT2D eigenvalue weighted by atomic mass is 15.1. The second kappa shape index (κ2) is 7.74. The Morgan fingerprint density at radius 3 is 2.40 bits per heavy atom. The summed E-state index contributed by atoms with van der Waals surface area (Å²) in [5.74, 6) is 0.424. The van der Waals surface area contributed by atoms with Gasteiger partial charge >= 0.3 is 0 Å². The van der Waals surface area contributed by atoms with E-state index in [1.165, 1.54) is 55.6 Å². The molecule has 0 N–H and O–H groups in total. The van der Waals surface area contributed by atoms with Crippen LogP contribution in [0.4, 0.5) is 0 Å². The molecule has 0 saturated heterocycles. The quantitative estimate of drug-likeness (QED) is 0.214. The van der Waals surface area contributed by atoms with Crippen molar-refractivity contribution in [2.24, 2.45) is 0 Å². The maximum Gasteiger partial charge on any atom is 0.213 e. The molecule has 1 aliphatic heterocycles. The van der Waals surface area contributed by atoms with Crippen LogP contribution in [0.1, 0.15) is 28.7 Å². The highest BCUT2D eigenvalue weighted by molar-refractivity contribution is 5.85. The summed E-state index contributed by atoms with van der Waals surface area (Å²) in [5, 5.41) is 2.62. The van der Waals surface area contributed by atoms with Gasteiger partial charge in [0.2, 0.25) is 11.4 Å². The normalized spacial score (nSPS) is 17.7. The van der Waals surface area contributed by atoms with Crippen LogP contribution in [0.2, 0.25) is 0 Å². The molecule has 35 heavy (non-hydrogen) atoms. The minimum atomic E-state index is 0.350. The molecule has 168 valence electrons. The van der Waals surface area contributed by atoms with E-state index in [4.69, 9.17) is 0 Å². The number of hydrogen-bond donors (Lipinski definition) is 0. The van der Waals surface area contributed by atoms with Crippen LogP contribution in [0.25, 0.3) is 33.3 Å². The molecule has 0 saturated carbocycles. The Bertz CT molecular complexity index is 1660. The second-order valence-electron chi connectivity index (χ2n) is 10.0. The molecule has 2 nitrogen and oxygen atoms in total. The van der Waals surface area contributed by atoms with Crippen molar-refractivity contribution in [3.8, 4) is 22.5 Å². The zero-order chi connectivity index (χ0) is 23.5. The zero-order valence-corrected chi connectivity index (χ0v) is 20.1. The van der Waals surface area contributed by atoms with Crippen molar-refractivity contribution in [1.29, 1.82) is 0 Å². The van der Waals surface area contributed by atoms with Gasteiger partial charge in [-0.1, -0.05) is 60.2 Å². The molecule has 0 amide bonds. The van der Waals surface area contributed by atoms with Gasteiger partial charge in [-0.25, -0.2) is 0 Å². The van der Waals surface area contributed by atoms with Gasteiger partial charge in [0.05, 0.1) is 17.1 Å². The van der Waals surface area contributed by atoms with Crippen LogP contribution in [0, 0.1) is 13.8 Å². The fourth-order valence-electron chi connectivity index (χ4n) is 6.05. The van der Waals surface area contributed by atoms with Crippen molar-refractivity contribution in [2.45, 2.75) is 32.4 Å². The smallest absolute Gasteiger partial charge is 0.194 e. The Morgan fingerprint density at radius 2 is 1.51 bits per heavy atom. The van der Waals surface area contributed by atoms with E-state index in [9.17, 15) is 0 Å². The molecule has 2 heteroatoms. The van der Waals surface area contributed by atoms with Gasteiger partial charge in [0.25, 0.3) is 0 Å². The van der Waals surface area contributed by atoms with Gasteiger partial charge in [-0.3, -0.25) is 0 Å². The van der Waals surface area contributed by atoms with E-state index in [0.29, 0.717) is 12.0 Å². The van der Waals surface area contributed by atoms with Crippen LogP contribution in [-0.4, -0.2) is 0 Å². The summed E-state index contributed by atoms with van der Waals surface area (Å²) in [4.78, 5) is 0. The molecule has 3 aromatic carbocycles. The number of allylic oxidation sites excluding steroid dienone is 2. The van der Waals surface area contributed by atoms with Crippen molar-refractivity contribution in [1.82, 2.24) is 0 Å². The number of nitrogens with zero attached hydrogens (tertiary/aromatic N) is 2. The summed E-state index contributed by atoms with van der Waals surface area (Å²) < 4.78 is 4.95. The minimum absolute atomic E-state index is 0.350. The van der Waals surface area contributed by atoms with Crippen LogP contribution in [0.3, 0.4) is 0 Å². The number of hydrogen-bond acceptors (Lipinski definition) is 0. The second-order valence-corrected chi connectivity index (χ2v) is 10.0. The lowest BCUT2D eigenvalue weighted by molar-refractivity contribution is -0.725. The summed E-state index contributed by atoms with van der Waals surface area (Å²) in [6.07, 6.45) is 7.10. The third-order valence-electron chi connectivity index (χ3n) is 7.81. The summed E-state index contributed by atoms with van der Waals surface area (Å²) in [5.41, 5.74) is 10.8. The zero-order valence-electron chi connectivity index (χ0n) is 20.1. The number of aryl methyl sites for hydroxylation is 2. The standard InChI is InChI=1S/C33H28N2/c1-22-14-15-24-21-35-32(19-25(24)17-22)29-12-6-5-11-28(29)30-18-26(33(30)35)20-34-16-8-7-13-31(34)27-10-4-3-9-23(27)2/h3-19,21,30,33H,20H2,1-2H3/q+2. The number of fused-ring (bicyclic) bond motifs is 7. The van der Waals surface area contributed by atoms with Gasteiger partial charge < -0.3 is 0 Å². The fourth-order valence-corrected chi connectivity index (χ4v) is 6.05. The fraction of sp³-hybridized carbons (Fsp3) is 0.152. The highest BCUT2D eigenvalue weighted by Gasteiger charge is 2.48. The van der Waals surface area contributed by atoms with E-state index in [1.54, 1.807) is 0 Å². The first kappa shape index (κ1) is 20.3. The van der Waals surface area contributed by atoms with E-state index in [2.05, 4.69) is 132 Å². The Hall–Kier alpha value is -4.04. The molecular formula is C33H28N2+2. The summed E-state index contributed by atoms with van der Waals surface area (Å²) in [7, 11) is 0. The first-order valence-corrected chi connectivity index (χ1v) is 12.5. The maximum absolute atomic E-state index is 2.54. The Kier molecular flexibility index (Phi) is 4.50. The molecule has 0 radical (unpaired) electrons. The van der Waals surface area contributed by atoms with Gasteiger partial charge in [-0.15, -0.1) is 0 Å². The molecule has 2 atom stereocenters. The SMILES string of the molecule is Cc1ccc2c[n+]3c(cc2c1)-c1ccccc1C1C=C(C[n+]2ccccc2-c2ccccc2C)C13. The van der Waals surface area contributed by atoms with E-state index in [-0.39, 0.29) is 0 Å². The lowest BCUT2D eigenvalue weighted by Gasteiger charge is -2.36.